The Labute approximate surface area is 158 Å². The van der Waals surface area contributed by atoms with Crippen LogP contribution in [-0.4, -0.2) is 53.2 Å². The van der Waals surface area contributed by atoms with Gasteiger partial charge in [0.15, 0.2) is 0 Å². The fourth-order valence-corrected chi connectivity index (χ4v) is 3.17. The molecular formula is C18H22N2O6S. The van der Waals surface area contributed by atoms with E-state index in [0.717, 1.165) is 10.2 Å². The maximum Gasteiger partial charge on any atom is 0.264 e. The molecule has 0 fully saturated rings. The van der Waals surface area contributed by atoms with Gasteiger partial charge in [-0.3, -0.25) is 9.63 Å². The Morgan fingerprint density at radius 1 is 1.07 bits per heavy atom. The molecule has 8 nitrogen and oxygen atoms in total. The fourth-order valence-electron chi connectivity index (χ4n) is 2.15. The number of carbonyl (C=O) groups excluding carboxylic acids is 1. The molecule has 0 spiro atoms. The first-order chi connectivity index (χ1) is 12.9. The lowest BCUT2D eigenvalue weighted by Crippen LogP contribution is -2.29. The van der Waals surface area contributed by atoms with Crippen molar-refractivity contribution in [2.45, 2.75) is 4.90 Å². The zero-order valence-electron chi connectivity index (χ0n) is 15.3. The van der Waals surface area contributed by atoms with E-state index < -0.39 is 15.9 Å². The summed E-state index contributed by atoms with van der Waals surface area (Å²) in [7, 11) is 0.290. The number of carbonyl (C=O) groups is 1. The van der Waals surface area contributed by atoms with Gasteiger partial charge >= 0.3 is 0 Å². The highest BCUT2D eigenvalue weighted by molar-refractivity contribution is 7.89. The smallest absolute Gasteiger partial charge is 0.264 e. The van der Waals surface area contributed by atoms with Crippen molar-refractivity contribution >= 4 is 15.9 Å². The van der Waals surface area contributed by atoms with Crippen molar-refractivity contribution in [1.29, 1.82) is 0 Å². The molecule has 0 unspecified atom stereocenters. The van der Waals surface area contributed by atoms with Crippen molar-refractivity contribution in [3.8, 4) is 11.5 Å². The van der Waals surface area contributed by atoms with Crippen molar-refractivity contribution in [3.63, 3.8) is 0 Å². The Bertz CT molecular complexity index is 868. The predicted octanol–water partition coefficient (Wildman–Crippen LogP) is 1.69. The number of ether oxygens (including phenoxy) is 2. The summed E-state index contributed by atoms with van der Waals surface area (Å²) in [6, 6.07) is 12.8. The monoisotopic (exact) mass is 394 g/mol. The van der Waals surface area contributed by atoms with Crippen LogP contribution in [0.15, 0.2) is 53.4 Å². The van der Waals surface area contributed by atoms with Crippen LogP contribution < -0.4 is 14.8 Å². The van der Waals surface area contributed by atoms with E-state index in [4.69, 9.17) is 14.3 Å². The molecule has 0 heterocycles. The van der Waals surface area contributed by atoms with Crippen molar-refractivity contribution in [2.24, 2.45) is 0 Å². The van der Waals surface area contributed by atoms with Crippen molar-refractivity contribution in [1.82, 2.24) is 9.79 Å². The maximum atomic E-state index is 12.2. The fraction of sp³-hybridized carbons (Fsp3) is 0.278. The molecule has 1 N–H and O–H groups in total. The van der Waals surface area contributed by atoms with Crippen molar-refractivity contribution in [2.75, 3.05) is 34.4 Å². The van der Waals surface area contributed by atoms with Gasteiger partial charge in [0, 0.05) is 12.6 Å². The molecule has 2 rings (SSSR count). The molecule has 146 valence electrons. The van der Waals surface area contributed by atoms with Gasteiger partial charge in [-0.05, 0) is 42.5 Å². The number of nitrogens with one attached hydrogen (secondary N) is 1. The first-order valence-electron chi connectivity index (χ1n) is 8.06. The SMILES string of the molecule is COc1ccc(OCCNC(=O)c2cccc(S(=O)(=O)N(C)OC)c2)cc1. The lowest BCUT2D eigenvalue weighted by molar-refractivity contribution is -0.0258. The van der Waals surface area contributed by atoms with Crippen LogP contribution in [-0.2, 0) is 14.9 Å². The normalized spacial score (nSPS) is 11.3. The summed E-state index contributed by atoms with van der Waals surface area (Å²) in [5, 5.41) is 2.69. The van der Waals surface area contributed by atoms with Crippen LogP contribution in [0.2, 0.25) is 0 Å². The van der Waals surface area contributed by atoms with Crippen LogP contribution in [0, 0.1) is 0 Å². The summed E-state index contributed by atoms with van der Waals surface area (Å²) in [5.41, 5.74) is 0.227. The zero-order valence-corrected chi connectivity index (χ0v) is 16.2. The van der Waals surface area contributed by atoms with E-state index in [9.17, 15) is 13.2 Å². The number of methoxy groups -OCH3 is 1. The number of hydrogen-bond acceptors (Lipinski definition) is 6. The van der Waals surface area contributed by atoms with Crippen LogP contribution in [0.3, 0.4) is 0 Å². The number of hydroxylamine groups is 1. The molecular weight excluding hydrogens is 372 g/mol. The predicted molar refractivity (Wildman–Crippen MR) is 99.2 cm³/mol. The Balaban J connectivity index is 1.91. The lowest BCUT2D eigenvalue weighted by Gasteiger charge is -2.14. The molecule has 0 bridgehead atoms. The van der Waals surface area contributed by atoms with Gasteiger partial charge in [-0.2, -0.15) is 0 Å². The standard InChI is InChI=1S/C18H22N2O6S/c1-20(25-3)27(22,23)17-6-4-5-14(13-17)18(21)19-11-12-26-16-9-7-15(24-2)8-10-16/h4-10,13H,11-12H2,1-3H3,(H,19,21). The first-order valence-corrected chi connectivity index (χ1v) is 9.50. The molecule has 0 atom stereocenters. The zero-order chi connectivity index (χ0) is 19.9. The van der Waals surface area contributed by atoms with E-state index in [2.05, 4.69) is 5.32 Å². The first kappa shape index (κ1) is 20.7. The van der Waals surface area contributed by atoms with E-state index in [1.165, 1.54) is 38.4 Å². The molecule has 1 amide bonds. The minimum Gasteiger partial charge on any atom is -0.497 e. The molecule has 0 saturated carbocycles. The summed E-state index contributed by atoms with van der Waals surface area (Å²) >= 11 is 0. The van der Waals surface area contributed by atoms with Crippen LogP contribution in [0.1, 0.15) is 10.4 Å². The number of sulfonamides is 1. The van der Waals surface area contributed by atoms with Gasteiger partial charge in [-0.25, -0.2) is 8.42 Å². The van der Waals surface area contributed by atoms with E-state index in [-0.39, 0.29) is 23.6 Å². The largest absolute Gasteiger partial charge is 0.497 e. The van der Waals surface area contributed by atoms with E-state index in [1.54, 1.807) is 31.4 Å². The van der Waals surface area contributed by atoms with E-state index in [1.807, 2.05) is 0 Å². The Morgan fingerprint density at radius 2 is 1.74 bits per heavy atom. The Kier molecular flexibility index (Phi) is 7.17. The van der Waals surface area contributed by atoms with Gasteiger partial charge in [-0.15, -0.1) is 0 Å². The molecule has 2 aromatic carbocycles. The molecule has 2 aromatic rings. The van der Waals surface area contributed by atoms with Crippen molar-refractivity contribution < 1.29 is 27.5 Å². The summed E-state index contributed by atoms with van der Waals surface area (Å²) in [6.45, 7) is 0.530. The second-order valence-corrected chi connectivity index (χ2v) is 7.34. The van der Waals surface area contributed by atoms with E-state index in [0.29, 0.717) is 5.75 Å². The molecule has 27 heavy (non-hydrogen) atoms. The molecule has 0 aliphatic rings. The third-order valence-electron chi connectivity index (χ3n) is 3.71. The van der Waals surface area contributed by atoms with E-state index >= 15 is 0 Å². The topological polar surface area (TPSA) is 94.2 Å². The third kappa shape index (κ3) is 5.43. The summed E-state index contributed by atoms with van der Waals surface area (Å²) in [4.78, 5) is 16.9. The third-order valence-corrected chi connectivity index (χ3v) is 5.38. The van der Waals surface area contributed by atoms with Crippen LogP contribution in [0.25, 0.3) is 0 Å². The number of hydrogen-bond donors (Lipinski definition) is 1. The van der Waals surface area contributed by atoms with Crippen LogP contribution in [0.4, 0.5) is 0 Å². The van der Waals surface area contributed by atoms with Gasteiger partial charge in [0.25, 0.3) is 15.9 Å². The molecule has 0 saturated heterocycles. The molecule has 0 radical (unpaired) electrons. The molecule has 0 aromatic heterocycles. The van der Waals surface area contributed by atoms with Gasteiger partial charge < -0.3 is 14.8 Å². The number of nitrogens with zero attached hydrogens (tertiary/aromatic N) is 1. The average Bonchev–Trinajstić information content (AvgIpc) is 2.70. The second-order valence-electron chi connectivity index (χ2n) is 5.41. The van der Waals surface area contributed by atoms with Gasteiger partial charge in [0.2, 0.25) is 0 Å². The minimum atomic E-state index is -3.82. The Hall–Kier alpha value is -2.62. The molecule has 0 aliphatic carbocycles. The van der Waals surface area contributed by atoms with Gasteiger partial charge in [0.05, 0.1) is 25.7 Å². The molecule has 9 heteroatoms. The quantitative estimate of drug-likeness (QED) is 0.514. The maximum absolute atomic E-state index is 12.2. The number of benzene rings is 2. The highest BCUT2D eigenvalue weighted by atomic mass is 32.2. The summed E-state index contributed by atoms with van der Waals surface area (Å²) in [6.07, 6.45) is 0. The summed E-state index contributed by atoms with van der Waals surface area (Å²) in [5.74, 6) is 0.982. The highest BCUT2D eigenvalue weighted by Gasteiger charge is 2.21. The van der Waals surface area contributed by atoms with Gasteiger partial charge in [-0.1, -0.05) is 10.5 Å². The summed E-state index contributed by atoms with van der Waals surface area (Å²) < 4.78 is 35.8. The van der Waals surface area contributed by atoms with Crippen LogP contribution in [0.5, 0.6) is 11.5 Å². The lowest BCUT2D eigenvalue weighted by atomic mass is 10.2. The highest BCUT2D eigenvalue weighted by Crippen LogP contribution is 2.17. The average molecular weight is 394 g/mol. The van der Waals surface area contributed by atoms with Crippen LogP contribution >= 0.6 is 0 Å². The number of amides is 1. The minimum absolute atomic E-state index is 0.0333. The van der Waals surface area contributed by atoms with Crippen molar-refractivity contribution in [3.05, 3.63) is 54.1 Å². The molecule has 0 aliphatic heterocycles. The Morgan fingerprint density at radius 3 is 2.37 bits per heavy atom. The number of rotatable bonds is 9. The second kappa shape index (κ2) is 9.36. The van der Waals surface area contributed by atoms with Gasteiger partial charge in [0.1, 0.15) is 18.1 Å².